The van der Waals surface area contributed by atoms with E-state index in [-0.39, 0.29) is 25.1 Å². The number of nitrogens with zero attached hydrogens (tertiary/aromatic N) is 1. The van der Waals surface area contributed by atoms with E-state index in [1.165, 1.54) is 7.05 Å². The van der Waals surface area contributed by atoms with E-state index < -0.39 is 32.9 Å². The first-order valence-electron chi connectivity index (χ1n) is 5.52. The molecule has 0 aromatic rings. The van der Waals surface area contributed by atoms with Gasteiger partial charge in [0.05, 0.1) is 6.04 Å². The van der Waals surface area contributed by atoms with E-state index in [4.69, 9.17) is 0 Å². The smallest absolute Gasteiger partial charge is 0.348 e. The molecule has 0 saturated carbocycles. The summed E-state index contributed by atoms with van der Waals surface area (Å²) in [6.07, 6.45) is -0.156. The van der Waals surface area contributed by atoms with Crippen molar-refractivity contribution >= 4 is 34.6 Å². The van der Waals surface area contributed by atoms with Crippen LogP contribution in [0.3, 0.4) is 0 Å². The van der Waals surface area contributed by atoms with Crippen LogP contribution in [0.15, 0.2) is 0 Å². The lowest BCUT2D eigenvalue weighted by Gasteiger charge is -2.33. The minimum absolute atomic E-state index is 0.0448. The van der Waals surface area contributed by atoms with Gasteiger partial charge in [-0.1, -0.05) is 0 Å². The Hall–Kier alpha value is -0.840. The summed E-state index contributed by atoms with van der Waals surface area (Å²) < 4.78 is 32.1. The van der Waals surface area contributed by atoms with Crippen LogP contribution in [-0.2, 0) is 19.7 Å². The summed E-state index contributed by atoms with van der Waals surface area (Å²) in [6.45, 7) is -0.0448. The number of amides is 1. The molecule has 3 N–H and O–H groups in total. The lowest BCUT2D eigenvalue weighted by Crippen LogP contribution is -2.61. The van der Waals surface area contributed by atoms with E-state index in [1.807, 2.05) is 0 Å². The van der Waals surface area contributed by atoms with Gasteiger partial charge in [0.15, 0.2) is 0 Å². The van der Waals surface area contributed by atoms with Crippen molar-refractivity contribution in [2.75, 3.05) is 19.3 Å². The van der Waals surface area contributed by atoms with Gasteiger partial charge in [0.1, 0.15) is 0 Å². The molecule has 10 heteroatoms. The number of thiol groups is 1. The van der Waals surface area contributed by atoms with Crippen molar-refractivity contribution in [3.05, 3.63) is 0 Å². The molecule has 1 rings (SSSR count). The van der Waals surface area contributed by atoms with Gasteiger partial charge in [-0.3, -0.25) is 9.35 Å². The van der Waals surface area contributed by atoms with E-state index in [2.05, 4.69) is 17.9 Å². The number of hydrogen-bond acceptors (Lipinski definition) is 6. The van der Waals surface area contributed by atoms with E-state index in [9.17, 15) is 27.7 Å². The van der Waals surface area contributed by atoms with E-state index in [0.717, 1.165) is 0 Å². The summed E-state index contributed by atoms with van der Waals surface area (Å²) in [5.41, 5.74) is 0. The molecule has 0 spiro atoms. The van der Waals surface area contributed by atoms with Gasteiger partial charge in [-0.15, -0.1) is 0 Å². The van der Waals surface area contributed by atoms with Crippen LogP contribution in [0, 0.1) is 0 Å². The minimum Gasteiger partial charge on any atom is -0.479 e. The van der Waals surface area contributed by atoms with Crippen LogP contribution in [-0.4, -0.2) is 65.1 Å². The van der Waals surface area contributed by atoms with Gasteiger partial charge in [0.2, 0.25) is 5.91 Å². The molecule has 8 nitrogen and oxygen atoms in total. The van der Waals surface area contributed by atoms with Crippen LogP contribution in [0.2, 0.25) is 0 Å². The SMILES string of the molecule is CN[C@@H](CS)C(=O)N1CCC[C@]1(C(=O)O)S(=O)(=O)O. The molecule has 0 radical (unpaired) electrons. The Morgan fingerprint density at radius 2 is 2.11 bits per heavy atom. The summed E-state index contributed by atoms with van der Waals surface area (Å²) in [6, 6.07) is -0.818. The zero-order valence-electron chi connectivity index (χ0n) is 10.2. The molecule has 110 valence electrons. The lowest BCUT2D eigenvalue weighted by atomic mass is 10.2. The zero-order chi connectivity index (χ0) is 14.8. The van der Waals surface area contributed by atoms with Gasteiger partial charge in [0, 0.05) is 18.7 Å². The molecule has 1 aliphatic rings. The Labute approximate surface area is 116 Å². The summed E-state index contributed by atoms with van der Waals surface area (Å²) in [7, 11) is -3.48. The molecule has 1 fully saturated rings. The fourth-order valence-electron chi connectivity index (χ4n) is 2.16. The number of aliphatic carboxylic acids is 1. The molecular weight excluding hydrogens is 296 g/mol. The zero-order valence-corrected chi connectivity index (χ0v) is 11.9. The molecule has 19 heavy (non-hydrogen) atoms. The molecule has 2 atom stereocenters. The van der Waals surface area contributed by atoms with Gasteiger partial charge >= 0.3 is 16.1 Å². The second-order valence-corrected chi connectivity index (χ2v) is 6.17. The third-order valence-corrected chi connectivity index (χ3v) is 5.01. The number of rotatable bonds is 5. The summed E-state index contributed by atoms with van der Waals surface area (Å²) >= 11 is 3.94. The van der Waals surface area contributed by atoms with Crippen molar-refractivity contribution in [2.24, 2.45) is 0 Å². The first kappa shape index (κ1) is 16.2. The van der Waals surface area contributed by atoms with Crippen LogP contribution in [0.5, 0.6) is 0 Å². The van der Waals surface area contributed by atoms with Gasteiger partial charge in [-0.05, 0) is 13.5 Å². The molecule has 1 amide bonds. The molecule has 0 aromatic carbocycles. The highest BCUT2D eigenvalue weighted by Crippen LogP contribution is 2.34. The maximum atomic E-state index is 12.1. The number of likely N-dealkylation sites (N-methyl/N-ethyl adjacent to an activating group) is 1. The molecule has 0 bridgehead atoms. The highest BCUT2D eigenvalue weighted by Gasteiger charge is 2.60. The largest absolute Gasteiger partial charge is 0.479 e. The number of carboxylic acids is 1. The quantitative estimate of drug-likeness (QED) is 0.371. The molecule has 0 aliphatic carbocycles. The second-order valence-electron chi connectivity index (χ2n) is 4.18. The normalized spacial score (nSPS) is 25.3. The standard InChI is InChI=1S/C9H16N2O6S2/c1-10-6(5-18)7(12)11-4-2-3-9(11,8(13)14)19(15,16)17/h6,10,18H,2-5H2,1H3,(H,13,14)(H,15,16,17)/t6-,9+/m0/s1. The predicted molar refractivity (Wildman–Crippen MR) is 69.6 cm³/mol. The molecule has 0 aromatic heterocycles. The van der Waals surface area contributed by atoms with Gasteiger partial charge in [0.25, 0.3) is 4.87 Å². The van der Waals surface area contributed by atoms with Crippen LogP contribution in [0.1, 0.15) is 12.8 Å². The second kappa shape index (κ2) is 5.65. The maximum absolute atomic E-state index is 12.1. The van der Waals surface area contributed by atoms with Crippen molar-refractivity contribution < 1.29 is 27.7 Å². The maximum Gasteiger partial charge on any atom is 0.348 e. The average Bonchev–Trinajstić information content (AvgIpc) is 2.75. The number of carboxylic acid groups (broad SMARTS) is 1. The van der Waals surface area contributed by atoms with Gasteiger partial charge in [-0.25, -0.2) is 4.79 Å². The first-order valence-corrected chi connectivity index (χ1v) is 7.59. The third-order valence-electron chi connectivity index (χ3n) is 3.19. The van der Waals surface area contributed by atoms with Crippen LogP contribution in [0.4, 0.5) is 0 Å². The molecule has 1 aliphatic heterocycles. The van der Waals surface area contributed by atoms with E-state index in [0.29, 0.717) is 4.90 Å². The summed E-state index contributed by atoms with van der Waals surface area (Å²) in [5, 5.41) is 11.8. The fourth-order valence-corrected chi connectivity index (χ4v) is 3.58. The lowest BCUT2D eigenvalue weighted by molar-refractivity contribution is -0.151. The third kappa shape index (κ3) is 2.57. The highest BCUT2D eigenvalue weighted by molar-refractivity contribution is 7.88. The van der Waals surface area contributed by atoms with Crippen molar-refractivity contribution in [1.82, 2.24) is 10.2 Å². The monoisotopic (exact) mass is 312 g/mol. The van der Waals surface area contributed by atoms with E-state index in [1.54, 1.807) is 0 Å². The Balaban J connectivity index is 3.26. The fraction of sp³-hybridized carbons (Fsp3) is 0.778. The van der Waals surface area contributed by atoms with Crippen molar-refractivity contribution in [3.8, 4) is 0 Å². The van der Waals surface area contributed by atoms with E-state index >= 15 is 0 Å². The number of nitrogens with one attached hydrogen (secondary N) is 1. The van der Waals surface area contributed by atoms with Crippen LogP contribution < -0.4 is 5.32 Å². The first-order chi connectivity index (χ1) is 8.72. The van der Waals surface area contributed by atoms with Crippen LogP contribution >= 0.6 is 12.6 Å². The topological polar surface area (TPSA) is 124 Å². The Kier molecular flexibility index (Phi) is 4.82. The van der Waals surface area contributed by atoms with Gasteiger partial charge < -0.3 is 15.3 Å². The Morgan fingerprint density at radius 3 is 2.47 bits per heavy atom. The number of hydrogen-bond donors (Lipinski definition) is 4. The molecule has 1 heterocycles. The van der Waals surface area contributed by atoms with Crippen molar-refractivity contribution in [3.63, 3.8) is 0 Å². The number of carbonyl (C=O) groups excluding carboxylic acids is 1. The number of carbonyl (C=O) groups is 2. The van der Waals surface area contributed by atoms with Gasteiger partial charge in [-0.2, -0.15) is 21.0 Å². The van der Waals surface area contributed by atoms with Crippen molar-refractivity contribution in [2.45, 2.75) is 23.8 Å². The Morgan fingerprint density at radius 1 is 1.53 bits per heavy atom. The summed E-state index contributed by atoms with van der Waals surface area (Å²) in [5.74, 6) is -2.39. The highest BCUT2D eigenvalue weighted by atomic mass is 32.2. The molecule has 0 unspecified atom stereocenters. The Bertz CT molecular complexity index is 475. The predicted octanol–water partition coefficient (Wildman–Crippen LogP) is -1.20. The van der Waals surface area contributed by atoms with Crippen LogP contribution in [0.25, 0.3) is 0 Å². The average molecular weight is 312 g/mol. The minimum atomic E-state index is -4.95. The van der Waals surface area contributed by atoms with Crippen molar-refractivity contribution in [1.29, 1.82) is 0 Å². The summed E-state index contributed by atoms with van der Waals surface area (Å²) in [4.78, 5) is 21.6. The number of likely N-dealkylation sites (tertiary alicyclic amines) is 1. The molecular formula is C9H16N2O6S2. The molecule has 1 saturated heterocycles.